The van der Waals surface area contributed by atoms with Gasteiger partial charge in [0.1, 0.15) is 0 Å². The van der Waals surface area contributed by atoms with Crippen molar-refractivity contribution >= 4 is 0 Å². The van der Waals surface area contributed by atoms with Gasteiger partial charge in [-0.3, -0.25) is 0 Å². The molecule has 0 heterocycles. The molecule has 6 heavy (non-hydrogen) atoms. The Morgan fingerprint density at radius 2 is 1.50 bits per heavy atom. The first kappa shape index (κ1) is 10.1. The molecule has 0 aliphatic heterocycles. The van der Waals surface area contributed by atoms with Gasteiger partial charge in [0.2, 0.25) is 0 Å². The third kappa shape index (κ3) is 8.91. The number of nitrogens with zero attached hydrogens (tertiary/aromatic N) is 1. The Bertz CT molecular complexity index is 21.5. The van der Waals surface area contributed by atoms with Crippen LogP contribution in [0, 0.1) is 0 Å². The zero-order valence-electron chi connectivity index (χ0n) is 4.60. The molecule has 0 aromatic carbocycles. The Morgan fingerprint density at radius 3 is 1.50 bits per heavy atom. The molecule has 0 aromatic heterocycles. The fourth-order valence-corrected chi connectivity index (χ4v) is 0. The van der Waals surface area contributed by atoms with Crippen molar-refractivity contribution in [3.8, 4) is 0 Å². The van der Waals surface area contributed by atoms with Crippen LogP contribution in [-0.2, 0) is 32.7 Å². The molecule has 0 saturated carbocycles. The van der Waals surface area contributed by atoms with Crippen LogP contribution in [0.2, 0.25) is 0 Å². The Morgan fingerprint density at radius 1 is 1.33 bits per heavy atom. The van der Waals surface area contributed by atoms with Crippen LogP contribution >= 0.6 is 0 Å². The molecule has 0 bridgehead atoms. The van der Waals surface area contributed by atoms with Gasteiger partial charge in [-0.2, -0.15) is 7.05 Å². The van der Waals surface area contributed by atoms with Gasteiger partial charge in [0.05, 0.1) is 0 Å². The summed E-state index contributed by atoms with van der Waals surface area (Å²) >= 11 is 0. The van der Waals surface area contributed by atoms with Gasteiger partial charge in [0.15, 0.2) is 0 Å². The second-order valence-electron chi connectivity index (χ2n) is 1.35. The monoisotopic (exact) mass is 161 g/mol. The molecule has 0 rings (SSSR count). The Labute approximate surface area is 64.8 Å². The van der Waals surface area contributed by atoms with Crippen LogP contribution in [0.15, 0.2) is 0 Å². The molecule has 0 atom stereocenters. The van der Waals surface area contributed by atoms with Crippen LogP contribution in [0.25, 0.3) is 5.32 Å². The van der Waals surface area contributed by atoms with Gasteiger partial charge in [-0.25, -0.2) is 0 Å². The van der Waals surface area contributed by atoms with Crippen LogP contribution in [0.1, 0.15) is 13.8 Å². The minimum atomic E-state index is 0. The quantitative estimate of drug-likeness (QED) is 0.551. The van der Waals surface area contributed by atoms with Gasteiger partial charge in [-0.15, -0.1) is 6.04 Å². The van der Waals surface area contributed by atoms with Gasteiger partial charge in [-0.05, 0) is 0 Å². The SMILES string of the molecule is C[N-]C(C)C.[Y+3]. The molecule has 0 spiro atoms. The van der Waals surface area contributed by atoms with Gasteiger partial charge >= 0.3 is 32.7 Å². The van der Waals surface area contributed by atoms with Crippen molar-refractivity contribution in [2.45, 2.75) is 19.9 Å². The van der Waals surface area contributed by atoms with Gasteiger partial charge in [-0.1, -0.05) is 13.8 Å². The Balaban J connectivity index is 0. The summed E-state index contributed by atoms with van der Waals surface area (Å²) in [6, 6.07) is 0.509. The number of rotatable bonds is 1. The smallest absolute Gasteiger partial charge is 0.663 e. The molecule has 0 amide bonds. The zero-order valence-corrected chi connectivity index (χ0v) is 7.44. The van der Waals surface area contributed by atoms with E-state index in [4.69, 9.17) is 0 Å². The molecule has 32 valence electrons. The number of hydrogen-bond acceptors (Lipinski definition) is 0. The summed E-state index contributed by atoms with van der Waals surface area (Å²) in [6.07, 6.45) is 0. The molecule has 0 aromatic rings. The minimum Gasteiger partial charge on any atom is -0.663 e. The Hall–Kier alpha value is 1.06. The number of hydrogen-bond donors (Lipinski definition) is 0. The van der Waals surface area contributed by atoms with E-state index in [1.165, 1.54) is 0 Å². The Kier molecular flexibility index (Phi) is 10.2. The molecule has 0 saturated heterocycles. The summed E-state index contributed by atoms with van der Waals surface area (Å²) in [5, 5.41) is 3.89. The van der Waals surface area contributed by atoms with Crippen molar-refractivity contribution in [2.75, 3.05) is 7.05 Å². The van der Waals surface area contributed by atoms with Crippen molar-refractivity contribution in [1.29, 1.82) is 0 Å². The predicted molar refractivity (Wildman–Crippen MR) is 24.4 cm³/mol. The van der Waals surface area contributed by atoms with Crippen LogP contribution in [0.4, 0.5) is 0 Å². The minimum absolute atomic E-state index is 0. The molecule has 0 aliphatic rings. The van der Waals surface area contributed by atoms with E-state index in [9.17, 15) is 0 Å². The third-order valence-electron chi connectivity index (χ3n) is 0.516. The molecular weight excluding hydrogens is 151 g/mol. The molecule has 1 nitrogen and oxygen atoms in total. The van der Waals surface area contributed by atoms with Gasteiger partial charge in [0.25, 0.3) is 0 Å². The van der Waals surface area contributed by atoms with E-state index in [2.05, 4.69) is 19.2 Å². The van der Waals surface area contributed by atoms with E-state index in [0.717, 1.165) is 0 Å². The van der Waals surface area contributed by atoms with Crippen molar-refractivity contribution < 1.29 is 32.7 Å². The predicted octanol–water partition coefficient (Wildman–Crippen LogP) is 1.40. The van der Waals surface area contributed by atoms with E-state index >= 15 is 0 Å². The summed E-state index contributed by atoms with van der Waals surface area (Å²) in [7, 11) is 1.82. The first-order valence-electron chi connectivity index (χ1n) is 1.86. The van der Waals surface area contributed by atoms with E-state index in [1.54, 1.807) is 0 Å². The average Bonchev–Trinajstić information content (AvgIpc) is 1.38. The van der Waals surface area contributed by atoms with E-state index in [0.29, 0.717) is 6.04 Å². The normalized spacial score (nSPS) is 8.00. The van der Waals surface area contributed by atoms with Crippen LogP contribution in [-0.4, -0.2) is 13.1 Å². The molecule has 2 heteroatoms. The topological polar surface area (TPSA) is 14.1 Å². The van der Waals surface area contributed by atoms with Gasteiger partial charge in [0, 0.05) is 0 Å². The van der Waals surface area contributed by atoms with Crippen LogP contribution < -0.4 is 0 Å². The first-order valence-corrected chi connectivity index (χ1v) is 1.86. The van der Waals surface area contributed by atoms with Crippen molar-refractivity contribution in [3.05, 3.63) is 5.32 Å². The molecule has 0 N–H and O–H groups in total. The molecular formula is C4H10NY+2. The first-order chi connectivity index (χ1) is 2.27. The maximum atomic E-state index is 3.89. The fourth-order valence-electron chi connectivity index (χ4n) is 0. The van der Waals surface area contributed by atoms with E-state index in [-0.39, 0.29) is 32.7 Å². The third-order valence-corrected chi connectivity index (χ3v) is 0.516. The molecule has 0 fully saturated rings. The van der Waals surface area contributed by atoms with E-state index < -0.39 is 0 Å². The fraction of sp³-hybridized carbons (Fsp3) is 1.00. The average molecular weight is 161 g/mol. The second-order valence-corrected chi connectivity index (χ2v) is 1.35. The maximum absolute atomic E-state index is 3.89. The van der Waals surface area contributed by atoms with Crippen molar-refractivity contribution in [2.24, 2.45) is 0 Å². The standard InChI is InChI=1S/C4H10N.Y/c1-4(2)5-3;/h4H,1-3H3;/q-1;+3. The van der Waals surface area contributed by atoms with Crippen LogP contribution in [0.3, 0.4) is 0 Å². The van der Waals surface area contributed by atoms with Crippen LogP contribution in [0.5, 0.6) is 0 Å². The zero-order chi connectivity index (χ0) is 4.28. The summed E-state index contributed by atoms with van der Waals surface area (Å²) in [6.45, 7) is 4.11. The van der Waals surface area contributed by atoms with E-state index in [1.807, 2.05) is 7.05 Å². The van der Waals surface area contributed by atoms with Crippen molar-refractivity contribution in [1.82, 2.24) is 0 Å². The summed E-state index contributed by atoms with van der Waals surface area (Å²) < 4.78 is 0. The summed E-state index contributed by atoms with van der Waals surface area (Å²) in [4.78, 5) is 0. The molecule has 0 radical (unpaired) electrons. The summed E-state index contributed by atoms with van der Waals surface area (Å²) in [5.41, 5.74) is 0. The molecule has 0 aliphatic carbocycles. The molecule has 0 unspecified atom stereocenters. The summed E-state index contributed by atoms with van der Waals surface area (Å²) in [5.74, 6) is 0. The van der Waals surface area contributed by atoms with Crippen molar-refractivity contribution in [3.63, 3.8) is 0 Å². The maximum Gasteiger partial charge on any atom is 3.00 e. The van der Waals surface area contributed by atoms with Gasteiger partial charge < -0.3 is 5.32 Å². The largest absolute Gasteiger partial charge is 3.00 e. The second kappa shape index (κ2) is 6.06.